The highest BCUT2D eigenvalue weighted by Crippen LogP contribution is 2.37. The summed E-state index contributed by atoms with van der Waals surface area (Å²) in [5, 5.41) is 7.39. The lowest BCUT2D eigenvalue weighted by Gasteiger charge is -2.20. The molecule has 2 N–H and O–H groups in total. The van der Waals surface area contributed by atoms with Crippen molar-refractivity contribution in [2.24, 2.45) is 0 Å². The number of carbonyl (C=O) groups is 1. The number of benzene rings is 1. The molecule has 1 atom stereocenters. The first-order chi connectivity index (χ1) is 14.6. The lowest BCUT2D eigenvalue weighted by atomic mass is 10.0. The molecular formula is C24H22N4OS. The number of amides is 1. The maximum atomic E-state index is 12.8. The summed E-state index contributed by atoms with van der Waals surface area (Å²) >= 11 is 1.55. The fourth-order valence-corrected chi connectivity index (χ4v) is 4.18. The maximum Gasteiger partial charge on any atom is 0.256 e. The highest BCUT2D eigenvalue weighted by Gasteiger charge is 2.23. The van der Waals surface area contributed by atoms with Crippen molar-refractivity contribution in [3.63, 3.8) is 0 Å². The molecule has 0 spiro atoms. The monoisotopic (exact) mass is 414 g/mol. The van der Waals surface area contributed by atoms with Crippen LogP contribution in [-0.4, -0.2) is 15.9 Å². The Hall–Kier alpha value is -3.51. The van der Waals surface area contributed by atoms with Crippen LogP contribution in [0, 0.1) is 13.8 Å². The van der Waals surface area contributed by atoms with E-state index in [-0.39, 0.29) is 11.9 Å². The molecule has 5 nitrogen and oxygen atoms in total. The van der Waals surface area contributed by atoms with Gasteiger partial charge in [0.05, 0.1) is 11.7 Å². The van der Waals surface area contributed by atoms with Crippen LogP contribution in [0.15, 0.2) is 79.1 Å². The summed E-state index contributed by atoms with van der Waals surface area (Å²) in [7, 11) is 0. The summed E-state index contributed by atoms with van der Waals surface area (Å²) in [5.74, 6) is 0.627. The second-order valence-corrected chi connectivity index (χ2v) is 8.27. The molecule has 0 radical (unpaired) electrons. The summed E-state index contributed by atoms with van der Waals surface area (Å²) in [6, 6.07) is 20.8. The summed E-state index contributed by atoms with van der Waals surface area (Å²) in [4.78, 5) is 22.9. The minimum absolute atomic E-state index is 0.132. The first kappa shape index (κ1) is 19.8. The van der Waals surface area contributed by atoms with Gasteiger partial charge in [0.1, 0.15) is 10.8 Å². The molecule has 0 aliphatic rings. The van der Waals surface area contributed by atoms with Gasteiger partial charge in [-0.25, -0.2) is 4.98 Å². The number of aryl methyl sites for hydroxylation is 2. The maximum absolute atomic E-state index is 12.8. The van der Waals surface area contributed by atoms with E-state index in [4.69, 9.17) is 0 Å². The van der Waals surface area contributed by atoms with Crippen molar-refractivity contribution in [1.29, 1.82) is 0 Å². The van der Waals surface area contributed by atoms with Gasteiger partial charge in [0, 0.05) is 28.4 Å². The molecule has 1 unspecified atom stereocenters. The van der Waals surface area contributed by atoms with Crippen LogP contribution in [0.1, 0.15) is 38.1 Å². The molecule has 3 heterocycles. The molecule has 4 rings (SSSR count). The van der Waals surface area contributed by atoms with Gasteiger partial charge in [-0.15, -0.1) is 11.3 Å². The second-order valence-electron chi connectivity index (χ2n) is 7.01. The zero-order chi connectivity index (χ0) is 20.9. The molecule has 0 bridgehead atoms. The van der Waals surface area contributed by atoms with Crippen molar-refractivity contribution in [1.82, 2.24) is 9.97 Å². The smallest absolute Gasteiger partial charge is 0.256 e. The molecule has 0 aliphatic heterocycles. The van der Waals surface area contributed by atoms with Gasteiger partial charge in [0.15, 0.2) is 0 Å². The van der Waals surface area contributed by atoms with Gasteiger partial charge in [0.25, 0.3) is 5.91 Å². The lowest BCUT2D eigenvalue weighted by Crippen LogP contribution is -2.17. The molecule has 6 heteroatoms. The average Bonchev–Trinajstić information content (AvgIpc) is 3.13. The minimum Gasteiger partial charge on any atom is -0.357 e. The van der Waals surface area contributed by atoms with Crippen molar-refractivity contribution in [2.75, 3.05) is 10.6 Å². The topological polar surface area (TPSA) is 66.9 Å². The Morgan fingerprint density at radius 3 is 2.47 bits per heavy atom. The zero-order valence-electron chi connectivity index (χ0n) is 16.8. The second kappa shape index (κ2) is 8.88. The van der Waals surface area contributed by atoms with Crippen molar-refractivity contribution in [3.8, 4) is 0 Å². The predicted molar refractivity (Wildman–Crippen MR) is 122 cm³/mol. The Labute approximate surface area is 179 Å². The number of nitrogens with one attached hydrogen (secondary N) is 2. The molecule has 150 valence electrons. The molecule has 30 heavy (non-hydrogen) atoms. The van der Waals surface area contributed by atoms with Crippen molar-refractivity contribution < 1.29 is 4.79 Å². The van der Waals surface area contributed by atoms with Crippen molar-refractivity contribution >= 4 is 28.1 Å². The van der Waals surface area contributed by atoms with E-state index in [1.165, 1.54) is 0 Å². The Morgan fingerprint density at radius 1 is 0.933 bits per heavy atom. The fraction of sp³-hybridized carbons (Fsp3) is 0.125. The molecule has 0 aliphatic carbocycles. The van der Waals surface area contributed by atoms with Crippen LogP contribution in [0.2, 0.25) is 0 Å². The molecule has 3 aromatic heterocycles. The molecular weight excluding hydrogens is 392 g/mol. The Balaban J connectivity index is 1.71. The van der Waals surface area contributed by atoms with E-state index in [1.807, 2.05) is 62.4 Å². The molecule has 1 amide bonds. The molecule has 4 aromatic rings. The lowest BCUT2D eigenvalue weighted by molar-refractivity contribution is 0.102. The van der Waals surface area contributed by atoms with Crippen LogP contribution in [0.4, 0.5) is 10.8 Å². The first-order valence-electron chi connectivity index (χ1n) is 9.67. The number of pyridine rings is 2. The van der Waals surface area contributed by atoms with Gasteiger partial charge in [-0.1, -0.05) is 24.3 Å². The van der Waals surface area contributed by atoms with E-state index in [0.29, 0.717) is 5.56 Å². The number of nitrogens with zero attached hydrogens (tertiary/aromatic N) is 2. The number of carbonyl (C=O) groups excluding carboxylic acids is 1. The quantitative estimate of drug-likeness (QED) is 0.430. The largest absolute Gasteiger partial charge is 0.357 e. The number of rotatable bonds is 6. The van der Waals surface area contributed by atoms with Crippen LogP contribution < -0.4 is 10.6 Å². The molecule has 1 aromatic carbocycles. The van der Waals surface area contributed by atoms with Crippen LogP contribution in [0.25, 0.3) is 0 Å². The van der Waals surface area contributed by atoms with Crippen LogP contribution >= 0.6 is 11.3 Å². The fourth-order valence-electron chi connectivity index (χ4n) is 3.23. The third-order valence-electron chi connectivity index (χ3n) is 4.65. The van der Waals surface area contributed by atoms with Crippen LogP contribution in [0.3, 0.4) is 0 Å². The number of anilines is 2. The Bertz CT molecular complexity index is 1140. The SMILES string of the molecule is Cc1ccnc(NC(c2ccccn2)c2cc(C)sc2NC(=O)c2ccccc2)c1. The van der Waals surface area contributed by atoms with E-state index in [1.54, 1.807) is 35.9 Å². The first-order valence-corrected chi connectivity index (χ1v) is 10.5. The number of hydrogen-bond donors (Lipinski definition) is 2. The zero-order valence-corrected chi connectivity index (χ0v) is 17.6. The Morgan fingerprint density at radius 2 is 1.73 bits per heavy atom. The highest BCUT2D eigenvalue weighted by atomic mass is 32.1. The number of aromatic nitrogens is 2. The van der Waals surface area contributed by atoms with E-state index in [2.05, 4.69) is 26.7 Å². The summed E-state index contributed by atoms with van der Waals surface area (Å²) in [5.41, 5.74) is 3.56. The molecule has 0 saturated carbocycles. The summed E-state index contributed by atoms with van der Waals surface area (Å²) in [6.45, 7) is 4.07. The average molecular weight is 415 g/mol. The van der Waals surface area contributed by atoms with Gasteiger partial charge in [0.2, 0.25) is 0 Å². The van der Waals surface area contributed by atoms with Gasteiger partial charge < -0.3 is 10.6 Å². The van der Waals surface area contributed by atoms with E-state index in [0.717, 1.165) is 32.5 Å². The third-order valence-corrected chi connectivity index (χ3v) is 5.63. The van der Waals surface area contributed by atoms with Gasteiger partial charge in [-0.2, -0.15) is 0 Å². The number of hydrogen-bond acceptors (Lipinski definition) is 5. The third kappa shape index (κ3) is 4.55. The van der Waals surface area contributed by atoms with E-state index >= 15 is 0 Å². The molecule has 0 saturated heterocycles. The standard InChI is InChI=1S/C24H22N4OS/c1-16-11-13-26-21(14-16)27-22(20-10-6-7-12-25-20)19-15-17(2)30-24(19)28-23(29)18-8-4-3-5-9-18/h3-15,22H,1-2H3,(H,26,27)(H,28,29). The summed E-state index contributed by atoms with van der Waals surface area (Å²) in [6.07, 6.45) is 3.55. The Kier molecular flexibility index (Phi) is 5.86. The predicted octanol–water partition coefficient (Wildman–Crippen LogP) is 5.61. The summed E-state index contributed by atoms with van der Waals surface area (Å²) < 4.78 is 0. The number of thiophene rings is 1. The van der Waals surface area contributed by atoms with E-state index in [9.17, 15) is 4.79 Å². The van der Waals surface area contributed by atoms with Crippen LogP contribution in [-0.2, 0) is 0 Å². The van der Waals surface area contributed by atoms with Gasteiger partial charge >= 0.3 is 0 Å². The normalized spacial score (nSPS) is 11.7. The highest BCUT2D eigenvalue weighted by molar-refractivity contribution is 7.16. The minimum atomic E-state index is -0.253. The van der Waals surface area contributed by atoms with Crippen LogP contribution in [0.5, 0.6) is 0 Å². The van der Waals surface area contributed by atoms with Gasteiger partial charge in [-0.05, 0) is 61.9 Å². The van der Waals surface area contributed by atoms with Crippen molar-refractivity contribution in [2.45, 2.75) is 19.9 Å². The molecule has 0 fully saturated rings. The van der Waals surface area contributed by atoms with Gasteiger partial charge in [-0.3, -0.25) is 9.78 Å². The van der Waals surface area contributed by atoms with E-state index < -0.39 is 0 Å². The van der Waals surface area contributed by atoms with Crippen molar-refractivity contribution in [3.05, 3.63) is 106 Å².